The zero-order valence-electron chi connectivity index (χ0n) is 11.0. The molecule has 3 atom stereocenters. The monoisotopic (exact) mass is 303 g/mol. The first-order chi connectivity index (χ1) is 9.77. The summed E-state index contributed by atoms with van der Waals surface area (Å²) in [6, 6.07) is 4.76. The zero-order chi connectivity index (χ0) is 15.8. The van der Waals surface area contributed by atoms with Gasteiger partial charge in [0.1, 0.15) is 0 Å². The molecule has 0 heterocycles. The molecule has 0 amide bonds. The molecule has 2 rings (SSSR count). The van der Waals surface area contributed by atoms with Gasteiger partial charge in [-0.15, -0.1) is 0 Å². The van der Waals surface area contributed by atoms with Gasteiger partial charge in [-0.3, -0.25) is 14.9 Å². The first-order valence-electron chi connectivity index (χ1n) is 6.25. The van der Waals surface area contributed by atoms with Crippen LogP contribution in [0.15, 0.2) is 24.3 Å². The van der Waals surface area contributed by atoms with Crippen molar-refractivity contribution in [1.29, 1.82) is 0 Å². The number of ether oxygens (including phenoxy) is 1. The molecule has 1 aliphatic rings. The molecule has 1 saturated carbocycles. The number of esters is 1. The molecule has 0 N–H and O–H groups in total. The predicted molar refractivity (Wildman–Crippen MR) is 65.5 cm³/mol. The summed E-state index contributed by atoms with van der Waals surface area (Å²) >= 11 is 0. The van der Waals surface area contributed by atoms with Crippen LogP contribution in [0.25, 0.3) is 0 Å². The average Bonchev–Trinajstić information content (AvgIpc) is 3.14. The van der Waals surface area contributed by atoms with E-state index in [-0.39, 0.29) is 17.9 Å². The van der Waals surface area contributed by atoms with E-state index in [0.29, 0.717) is 0 Å². The van der Waals surface area contributed by atoms with Gasteiger partial charge in [0.15, 0.2) is 0 Å². The standard InChI is InChI=1S/C13H12F3NO4/c1-2-21-12(18)10-9(11(10)13(14,15)16)7-3-5-8(6-4-7)17(19)20/h3-6,9-11H,2H2,1H3/t9-,10+,11+/m0/s1. The van der Waals surface area contributed by atoms with Crippen LogP contribution >= 0.6 is 0 Å². The van der Waals surface area contributed by atoms with E-state index in [1.807, 2.05) is 0 Å². The Morgan fingerprint density at radius 3 is 2.33 bits per heavy atom. The highest BCUT2D eigenvalue weighted by Gasteiger charge is 2.68. The van der Waals surface area contributed by atoms with E-state index in [1.54, 1.807) is 0 Å². The maximum atomic E-state index is 12.9. The predicted octanol–water partition coefficient (Wildman–Crippen LogP) is 3.05. The molecule has 0 bridgehead atoms. The number of carbonyl (C=O) groups excluding carboxylic acids is 1. The number of benzene rings is 1. The van der Waals surface area contributed by atoms with Crippen LogP contribution in [0.3, 0.4) is 0 Å². The van der Waals surface area contributed by atoms with Gasteiger partial charge in [-0.05, 0) is 12.5 Å². The Morgan fingerprint density at radius 2 is 1.90 bits per heavy atom. The Kier molecular flexibility index (Phi) is 3.89. The molecule has 5 nitrogen and oxygen atoms in total. The van der Waals surface area contributed by atoms with E-state index in [2.05, 4.69) is 4.74 Å². The molecule has 114 valence electrons. The summed E-state index contributed by atoms with van der Waals surface area (Å²) in [7, 11) is 0. The second-order valence-corrected chi connectivity index (χ2v) is 4.72. The van der Waals surface area contributed by atoms with E-state index in [0.717, 1.165) is 12.1 Å². The normalized spacial score (nSPS) is 24.5. The molecule has 1 aromatic rings. The topological polar surface area (TPSA) is 69.4 Å². The number of nitrogens with zero attached hydrogens (tertiary/aromatic N) is 1. The van der Waals surface area contributed by atoms with E-state index in [1.165, 1.54) is 19.1 Å². The van der Waals surface area contributed by atoms with Crippen molar-refractivity contribution in [3.05, 3.63) is 39.9 Å². The lowest BCUT2D eigenvalue weighted by Gasteiger charge is -2.05. The van der Waals surface area contributed by atoms with Crippen LogP contribution < -0.4 is 0 Å². The SMILES string of the molecule is CCOC(=O)[C@@H]1[C@H](c2ccc([N+](=O)[O-])cc2)[C@H]1C(F)(F)F. The van der Waals surface area contributed by atoms with Crippen molar-refractivity contribution < 1.29 is 27.6 Å². The minimum Gasteiger partial charge on any atom is -0.466 e. The fraction of sp³-hybridized carbons (Fsp3) is 0.462. The maximum absolute atomic E-state index is 12.9. The second kappa shape index (κ2) is 5.34. The largest absolute Gasteiger partial charge is 0.466 e. The molecule has 1 aliphatic carbocycles. The second-order valence-electron chi connectivity index (χ2n) is 4.72. The van der Waals surface area contributed by atoms with Gasteiger partial charge < -0.3 is 4.74 Å². The Bertz CT molecular complexity index is 556. The number of carbonyl (C=O) groups is 1. The van der Waals surface area contributed by atoms with E-state index < -0.39 is 34.8 Å². The smallest absolute Gasteiger partial charge is 0.393 e. The molecule has 0 radical (unpaired) electrons. The van der Waals surface area contributed by atoms with Gasteiger partial charge in [-0.2, -0.15) is 13.2 Å². The third kappa shape index (κ3) is 2.98. The minimum absolute atomic E-state index is 0.00684. The Hall–Kier alpha value is -2.12. The Labute approximate surface area is 117 Å². The quantitative estimate of drug-likeness (QED) is 0.487. The van der Waals surface area contributed by atoms with Crippen LogP contribution in [0, 0.1) is 22.0 Å². The molecule has 0 saturated heterocycles. The van der Waals surface area contributed by atoms with Crippen molar-refractivity contribution in [2.24, 2.45) is 11.8 Å². The molecule has 8 heteroatoms. The molecular weight excluding hydrogens is 291 g/mol. The molecule has 0 aromatic heterocycles. The van der Waals surface area contributed by atoms with Gasteiger partial charge in [-0.25, -0.2) is 0 Å². The molecular formula is C13H12F3NO4. The number of hydrogen-bond acceptors (Lipinski definition) is 4. The number of nitro benzene ring substituents is 1. The Morgan fingerprint density at radius 1 is 1.33 bits per heavy atom. The number of rotatable bonds is 4. The van der Waals surface area contributed by atoms with Crippen molar-refractivity contribution in [3.63, 3.8) is 0 Å². The van der Waals surface area contributed by atoms with Gasteiger partial charge in [0.2, 0.25) is 0 Å². The van der Waals surface area contributed by atoms with Gasteiger partial charge in [0.25, 0.3) is 5.69 Å². The number of alkyl halides is 3. The van der Waals surface area contributed by atoms with Crippen LogP contribution in [-0.4, -0.2) is 23.7 Å². The summed E-state index contributed by atoms with van der Waals surface area (Å²) in [5.74, 6) is -4.99. The van der Waals surface area contributed by atoms with Crippen molar-refractivity contribution >= 4 is 11.7 Å². The van der Waals surface area contributed by atoms with Gasteiger partial charge >= 0.3 is 12.1 Å². The molecule has 0 spiro atoms. The summed E-state index contributed by atoms with van der Waals surface area (Å²) < 4.78 is 43.4. The lowest BCUT2D eigenvalue weighted by molar-refractivity contribution is -0.384. The van der Waals surface area contributed by atoms with E-state index in [4.69, 9.17) is 0 Å². The fourth-order valence-electron chi connectivity index (χ4n) is 2.48. The minimum atomic E-state index is -4.51. The van der Waals surface area contributed by atoms with Crippen molar-refractivity contribution in [1.82, 2.24) is 0 Å². The van der Waals surface area contributed by atoms with Crippen LogP contribution in [0.4, 0.5) is 18.9 Å². The van der Waals surface area contributed by atoms with Crippen LogP contribution in [0.1, 0.15) is 18.4 Å². The van der Waals surface area contributed by atoms with Crippen molar-refractivity contribution in [3.8, 4) is 0 Å². The summed E-state index contributed by atoms with van der Waals surface area (Å²) in [5.41, 5.74) is 0.0385. The third-order valence-corrected chi connectivity index (χ3v) is 3.45. The van der Waals surface area contributed by atoms with Crippen molar-refractivity contribution in [2.45, 2.75) is 19.0 Å². The zero-order valence-corrected chi connectivity index (χ0v) is 11.0. The van der Waals surface area contributed by atoms with E-state index in [9.17, 15) is 28.1 Å². The summed E-state index contributed by atoms with van der Waals surface area (Å²) in [4.78, 5) is 21.5. The Balaban J connectivity index is 2.24. The van der Waals surface area contributed by atoms with Crippen LogP contribution in [0.2, 0.25) is 0 Å². The van der Waals surface area contributed by atoms with Gasteiger partial charge in [0.05, 0.1) is 23.4 Å². The molecule has 21 heavy (non-hydrogen) atoms. The van der Waals surface area contributed by atoms with Crippen LogP contribution in [0.5, 0.6) is 0 Å². The molecule has 1 fully saturated rings. The highest BCUT2D eigenvalue weighted by Crippen LogP contribution is 2.61. The number of nitro groups is 1. The van der Waals surface area contributed by atoms with Gasteiger partial charge in [0, 0.05) is 18.1 Å². The highest BCUT2D eigenvalue weighted by molar-refractivity contribution is 5.78. The highest BCUT2D eigenvalue weighted by atomic mass is 19.4. The lowest BCUT2D eigenvalue weighted by Crippen LogP contribution is -2.16. The summed E-state index contributed by atoms with van der Waals surface area (Å²) in [6.45, 7) is 1.52. The summed E-state index contributed by atoms with van der Waals surface area (Å²) in [6.07, 6.45) is -4.51. The lowest BCUT2D eigenvalue weighted by atomic mass is 10.1. The summed E-state index contributed by atoms with van der Waals surface area (Å²) in [5, 5.41) is 10.5. The van der Waals surface area contributed by atoms with Gasteiger partial charge in [-0.1, -0.05) is 12.1 Å². The fourth-order valence-corrected chi connectivity index (χ4v) is 2.48. The van der Waals surface area contributed by atoms with E-state index >= 15 is 0 Å². The number of non-ortho nitro benzene ring substituents is 1. The molecule has 0 aliphatic heterocycles. The number of hydrogen-bond donors (Lipinski definition) is 0. The molecule has 1 aromatic carbocycles. The average molecular weight is 303 g/mol. The molecule has 0 unspecified atom stereocenters. The number of halogens is 3. The first-order valence-corrected chi connectivity index (χ1v) is 6.25. The maximum Gasteiger partial charge on any atom is 0.393 e. The van der Waals surface area contributed by atoms with Crippen LogP contribution in [-0.2, 0) is 9.53 Å². The first kappa shape index (κ1) is 15.3. The van der Waals surface area contributed by atoms with Crippen molar-refractivity contribution in [2.75, 3.05) is 6.61 Å². The third-order valence-electron chi connectivity index (χ3n) is 3.45.